The second-order valence-corrected chi connectivity index (χ2v) is 3.62. The predicted molar refractivity (Wildman–Crippen MR) is 58.4 cm³/mol. The highest BCUT2D eigenvalue weighted by molar-refractivity contribution is 5.89. The standard InChI is InChI=1S/C10H20N2O4/c1-3-5-12(6-4-2)10(16)8(14)7(13)9(11)15/h7-8,13-14H,3-6H2,1-2H3,(H2,11,15). The zero-order chi connectivity index (χ0) is 12.7. The van der Waals surface area contributed by atoms with E-state index in [9.17, 15) is 19.8 Å². The minimum atomic E-state index is -1.84. The van der Waals surface area contributed by atoms with E-state index < -0.39 is 24.0 Å². The first-order valence-corrected chi connectivity index (χ1v) is 5.39. The molecule has 16 heavy (non-hydrogen) atoms. The van der Waals surface area contributed by atoms with Crippen molar-refractivity contribution in [3.8, 4) is 0 Å². The molecule has 0 aliphatic carbocycles. The molecule has 0 saturated heterocycles. The topological polar surface area (TPSA) is 104 Å². The Kier molecular flexibility index (Phi) is 6.67. The van der Waals surface area contributed by atoms with Crippen LogP contribution in [0.25, 0.3) is 0 Å². The third-order valence-corrected chi connectivity index (χ3v) is 2.14. The Labute approximate surface area is 95.0 Å². The number of hydrogen-bond donors (Lipinski definition) is 3. The summed E-state index contributed by atoms with van der Waals surface area (Å²) in [6.07, 6.45) is -2.13. The molecule has 6 heteroatoms. The maximum Gasteiger partial charge on any atom is 0.254 e. The van der Waals surface area contributed by atoms with E-state index in [-0.39, 0.29) is 0 Å². The van der Waals surface area contributed by atoms with E-state index >= 15 is 0 Å². The van der Waals surface area contributed by atoms with Gasteiger partial charge in [-0.25, -0.2) is 0 Å². The molecule has 0 saturated carbocycles. The third kappa shape index (κ3) is 4.16. The lowest BCUT2D eigenvalue weighted by molar-refractivity contribution is -0.152. The average Bonchev–Trinajstić information content (AvgIpc) is 2.25. The SMILES string of the molecule is CCCN(CCC)C(=O)C(O)C(O)C(N)=O. The third-order valence-electron chi connectivity index (χ3n) is 2.14. The molecule has 0 aromatic rings. The van der Waals surface area contributed by atoms with Gasteiger partial charge in [-0.3, -0.25) is 9.59 Å². The Balaban J connectivity index is 4.52. The van der Waals surface area contributed by atoms with Crippen LogP contribution in [0.1, 0.15) is 26.7 Å². The van der Waals surface area contributed by atoms with Crippen molar-refractivity contribution in [2.45, 2.75) is 38.9 Å². The lowest BCUT2D eigenvalue weighted by atomic mass is 10.1. The molecule has 0 aliphatic heterocycles. The van der Waals surface area contributed by atoms with E-state index in [0.717, 1.165) is 12.8 Å². The number of nitrogens with zero attached hydrogens (tertiary/aromatic N) is 1. The van der Waals surface area contributed by atoms with Gasteiger partial charge in [-0.1, -0.05) is 13.8 Å². The van der Waals surface area contributed by atoms with Crippen molar-refractivity contribution in [2.75, 3.05) is 13.1 Å². The average molecular weight is 232 g/mol. The largest absolute Gasteiger partial charge is 0.380 e. The minimum absolute atomic E-state index is 0.481. The van der Waals surface area contributed by atoms with Crippen molar-refractivity contribution in [2.24, 2.45) is 5.73 Å². The molecular weight excluding hydrogens is 212 g/mol. The molecule has 0 rings (SSSR count). The zero-order valence-corrected chi connectivity index (χ0v) is 9.72. The number of carbonyl (C=O) groups excluding carboxylic acids is 2. The quantitative estimate of drug-likeness (QED) is 0.515. The lowest BCUT2D eigenvalue weighted by Gasteiger charge is -2.25. The second-order valence-electron chi connectivity index (χ2n) is 3.62. The first-order valence-electron chi connectivity index (χ1n) is 5.39. The summed E-state index contributed by atoms with van der Waals surface area (Å²) < 4.78 is 0. The van der Waals surface area contributed by atoms with Crippen molar-refractivity contribution >= 4 is 11.8 Å². The summed E-state index contributed by atoms with van der Waals surface area (Å²) >= 11 is 0. The van der Waals surface area contributed by atoms with Gasteiger partial charge in [0.15, 0.2) is 12.2 Å². The van der Waals surface area contributed by atoms with Gasteiger partial charge >= 0.3 is 0 Å². The number of aliphatic hydroxyl groups excluding tert-OH is 2. The van der Waals surface area contributed by atoms with E-state index in [2.05, 4.69) is 0 Å². The molecule has 2 unspecified atom stereocenters. The molecule has 0 fully saturated rings. The van der Waals surface area contributed by atoms with Crippen LogP contribution in [-0.2, 0) is 9.59 Å². The fourth-order valence-corrected chi connectivity index (χ4v) is 1.35. The summed E-state index contributed by atoms with van der Waals surface area (Å²) in [5.74, 6) is -1.76. The monoisotopic (exact) mass is 232 g/mol. The Morgan fingerprint density at radius 3 is 1.88 bits per heavy atom. The van der Waals surface area contributed by atoms with E-state index in [1.165, 1.54) is 4.90 Å². The number of hydrogen-bond acceptors (Lipinski definition) is 4. The molecule has 0 aromatic heterocycles. The highest BCUT2D eigenvalue weighted by atomic mass is 16.3. The van der Waals surface area contributed by atoms with Gasteiger partial charge in [0.1, 0.15) is 0 Å². The van der Waals surface area contributed by atoms with Crippen molar-refractivity contribution in [1.29, 1.82) is 0 Å². The van der Waals surface area contributed by atoms with Crippen LogP contribution in [0.4, 0.5) is 0 Å². The second kappa shape index (κ2) is 7.19. The predicted octanol–water partition coefficient (Wildman–Crippen LogP) is -1.16. The van der Waals surface area contributed by atoms with E-state index in [4.69, 9.17) is 5.73 Å². The van der Waals surface area contributed by atoms with Crippen molar-refractivity contribution in [3.05, 3.63) is 0 Å². The summed E-state index contributed by atoms with van der Waals surface area (Å²) in [5.41, 5.74) is 4.80. The molecule has 0 radical (unpaired) electrons. The number of rotatable bonds is 7. The van der Waals surface area contributed by atoms with E-state index in [1.54, 1.807) is 0 Å². The van der Waals surface area contributed by atoms with E-state index in [1.807, 2.05) is 13.8 Å². The highest BCUT2D eigenvalue weighted by Crippen LogP contribution is 2.03. The number of amides is 2. The van der Waals surface area contributed by atoms with Crippen molar-refractivity contribution in [1.82, 2.24) is 4.90 Å². The number of aliphatic hydroxyl groups is 2. The van der Waals surface area contributed by atoms with E-state index in [0.29, 0.717) is 13.1 Å². The Bertz CT molecular complexity index is 239. The van der Waals surface area contributed by atoms with Crippen molar-refractivity contribution < 1.29 is 19.8 Å². The summed E-state index contributed by atoms with van der Waals surface area (Å²) in [4.78, 5) is 23.7. The fraction of sp³-hybridized carbons (Fsp3) is 0.800. The molecule has 0 heterocycles. The van der Waals surface area contributed by atoms with Gasteiger partial charge in [-0.05, 0) is 12.8 Å². The van der Waals surface area contributed by atoms with Crippen LogP contribution < -0.4 is 5.73 Å². The molecule has 0 bridgehead atoms. The van der Waals surface area contributed by atoms with Crippen LogP contribution in [-0.4, -0.2) is 52.2 Å². The fourth-order valence-electron chi connectivity index (χ4n) is 1.35. The molecule has 2 atom stereocenters. The van der Waals surface area contributed by atoms with Crippen LogP contribution in [0, 0.1) is 0 Å². The van der Waals surface area contributed by atoms with Crippen molar-refractivity contribution in [3.63, 3.8) is 0 Å². The summed E-state index contributed by atoms with van der Waals surface area (Å²) in [7, 11) is 0. The van der Waals surface area contributed by atoms with Gasteiger partial charge in [-0.2, -0.15) is 0 Å². The van der Waals surface area contributed by atoms with Crippen LogP contribution >= 0.6 is 0 Å². The summed E-state index contributed by atoms with van der Waals surface area (Å²) in [5, 5.41) is 18.6. The van der Waals surface area contributed by atoms with Gasteiger partial charge in [0, 0.05) is 13.1 Å². The smallest absolute Gasteiger partial charge is 0.254 e. The first kappa shape index (κ1) is 14.9. The zero-order valence-electron chi connectivity index (χ0n) is 9.72. The minimum Gasteiger partial charge on any atom is -0.380 e. The summed E-state index contributed by atoms with van der Waals surface area (Å²) in [6.45, 7) is 4.75. The van der Waals surface area contributed by atoms with Crippen LogP contribution in [0.15, 0.2) is 0 Å². The number of nitrogens with two attached hydrogens (primary N) is 1. The molecule has 0 spiro atoms. The lowest BCUT2D eigenvalue weighted by Crippen LogP contribution is -2.49. The molecule has 2 amide bonds. The van der Waals surface area contributed by atoms with Gasteiger partial charge in [0.2, 0.25) is 5.91 Å². The Morgan fingerprint density at radius 2 is 1.56 bits per heavy atom. The van der Waals surface area contributed by atoms with Crippen LogP contribution in [0.5, 0.6) is 0 Å². The molecular formula is C10H20N2O4. The van der Waals surface area contributed by atoms with Gasteiger partial charge in [-0.15, -0.1) is 0 Å². The molecule has 0 aromatic carbocycles. The van der Waals surface area contributed by atoms with Crippen LogP contribution in [0.3, 0.4) is 0 Å². The normalized spacial score (nSPS) is 14.2. The Hall–Kier alpha value is -1.14. The maximum absolute atomic E-state index is 11.7. The molecule has 6 nitrogen and oxygen atoms in total. The highest BCUT2D eigenvalue weighted by Gasteiger charge is 2.31. The van der Waals surface area contributed by atoms with Gasteiger partial charge < -0.3 is 20.8 Å². The summed E-state index contributed by atoms with van der Waals surface area (Å²) in [6, 6.07) is 0. The maximum atomic E-state index is 11.7. The number of primary amides is 1. The Morgan fingerprint density at radius 1 is 1.12 bits per heavy atom. The molecule has 94 valence electrons. The molecule has 0 aliphatic rings. The molecule has 4 N–H and O–H groups in total. The van der Waals surface area contributed by atoms with Gasteiger partial charge in [0.05, 0.1) is 0 Å². The first-order chi connectivity index (χ1) is 7.45. The number of carbonyl (C=O) groups is 2. The van der Waals surface area contributed by atoms with Gasteiger partial charge in [0.25, 0.3) is 5.91 Å². The van der Waals surface area contributed by atoms with Crippen LogP contribution in [0.2, 0.25) is 0 Å².